The molecule has 1 aromatic rings. The zero-order chi connectivity index (χ0) is 15.1. The maximum Gasteiger partial charge on any atom is 0.255 e. The maximum absolute atomic E-state index is 13.3. The van der Waals surface area contributed by atoms with E-state index in [0.29, 0.717) is 18.9 Å². The third-order valence-electron chi connectivity index (χ3n) is 3.61. The Bertz CT molecular complexity index is 475. The number of hydrogen-bond donors (Lipinski definition) is 2. The van der Waals surface area contributed by atoms with Crippen molar-refractivity contribution >= 4 is 11.7 Å². The highest BCUT2D eigenvalue weighted by Gasteiger charge is 2.14. The number of carbonyl (C=O) groups excluding carboxylic acids is 1. The number of hydrogen-bond acceptors (Lipinski definition) is 4. The van der Waals surface area contributed by atoms with Crippen LogP contribution in [0, 0.1) is 5.82 Å². The molecule has 0 atom stereocenters. The van der Waals surface area contributed by atoms with Gasteiger partial charge in [-0.3, -0.25) is 4.79 Å². The molecular formula is C15H23FN4O. The van der Waals surface area contributed by atoms with Crippen LogP contribution in [0.4, 0.5) is 10.2 Å². The van der Waals surface area contributed by atoms with Crippen molar-refractivity contribution < 1.29 is 9.18 Å². The van der Waals surface area contributed by atoms with Gasteiger partial charge in [-0.05, 0) is 38.9 Å². The summed E-state index contributed by atoms with van der Waals surface area (Å²) in [6.45, 7) is 6.14. The predicted octanol–water partition coefficient (Wildman–Crippen LogP) is 1.87. The lowest BCUT2D eigenvalue weighted by Crippen LogP contribution is -2.37. The Hall–Kier alpha value is -1.69. The van der Waals surface area contributed by atoms with Gasteiger partial charge in [0.2, 0.25) is 0 Å². The molecule has 0 radical (unpaired) electrons. The quantitative estimate of drug-likeness (QED) is 0.841. The Balaban J connectivity index is 1.88. The molecule has 1 saturated heterocycles. The summed E-state index contributed by atoms with van der Waals surface area (Å²) in [5.41, 5.74) is 0.260. The van der Waals surface area contributed by atoms with Crippen molar-refractivity contribution in [3.63, 3.8) is 0 Å². The van der Waals surface area contributed by atoms with E-state index in [1.165, 1.54) is 25.3 Å². The molecule has 0 bridgehead atoms. The van der Waals surface area contributed by atoms with Crippen molar-refractivity contribution in [2.45, 2.75) is 26.2 Å². The molecule has 116 valence electrons. The number of rotatable bonds is 6. The number of anilines is 1. The lowest BCUT2D eigenvalue weighted by atomic mass is 10.1. The molecule has 1 aromatic heterocycles. The van der Waals surface area contributed by atoms with Gasteiger partial charge in [0.15, 0.2) is 0 Å². The van der Waals surface area contributed by atoms with E-state index in [2.05, 4.69) is 20.5 Å². The second-order valence-electron chi connectivity index (χ2n) is 5.24. The number of pyridine rings is 1. The normalized spacial score (nSPS) is 15.7. The Morgan fingerprint density at radius 2 is 2.14 bits per heavy atom. The summed E-state index contributed by atoms with van der Waals surface area (Å²) in [5.74, 6) is -0.359. The second kappa shape index (κ2) is 7.93. The van der Waals surface area contributed by atoms with Crippen LogP contribution < -0.4 is 10.6 Å². The second-order valence-corrected chi connectivity index (χ2v) is 5.24. The first-order valence-electron chi connectivity index (χ1n) is 7.60. The van der Waals surface area contributed by atoms with Crippen LogP contribution in [0.3, 0.4) is 0 Å². The minimum absolute atomic E-state index is 0.260. The Labute approximate surface area is 124 Å². The third kappa shape index (κ3) is 4.67. The molecule has 6 heteroatoms. The number of nitrogens with zero attached hydrogens (tertiary/aromatic N) is 2. The summed E-state index contributed by atoms with van der Waals surface area (Å²) >= 11 is 0. The monoisotopic (exact) mass is 294 g/mol. The van der Waals surface area contributed by atoms with E-state index < -0.39 is 5.82 Å². The number of nitrogens with one attached hydrogen (secondary N) is 2. The van der Waals surface area contributed by atoms with Gasteiger partial charge in [0.1, 0.15) is 11.6 Å². The molecular weight excluding hydrogens is 271 g/mol. The average Bonchev–Trinajstić information content (AvgIpc) is 2.50. The van der Waals surface area contributed by atoms with Gasteiger partial charge < -0.3 is 15.5 Å². The number of carbonyl (C=O) groups is 1. The fraction of sp³-hybridized carbons (Fsp3) is 0.600. The Morgan fingerprint density at radius 1 is 1.38 bits per heavy atom. The van der Waals surface area contributed by atoms with Crippen LogP contribution in [0.5, 0.6) is 0 Å². The van der Waals surface area contributed by atoms with Crippen LogP contribution in [-0.2, 0) is 0 Å². The van der Waals surface area contributed by atoms with Crippen LogP contribution in [0.2, 0.25) is 0 Å². The van der Waals surface area contributed by atoms with Crippen LogP contribution >= 0.6 is 0 Å². The highest BCUT2D eigenvalue weighted by Crippen LogP contribution is 2.13. The average molecular weight is 294 g/mol. The summed E-state index contributed by atoms with van der Waals surface area (Å²) in [6, 6.07) is 1.22. The zero-order valence-corrected chi connectivity index (χ0v) is 12.5. The van der Waals surface area contributed by atoms with E-state index in [-0.39, 0.29) is 11.5 Å². The number of aromatic nitrogens is 1. The van der Waals surface area contributed by atoms with Gasteiger partial charge in [-0.1, -0.05) is 6.42 Å². The van der Waals surface area contributed by atoms with E-state index >= 15 is 0 Å². The van der Waals surface area contributed by atoms with Crippen LogP contribution in [0.15, 0.2) is 12.3 Å². The molecule has 2 rings (SSSR count). The smallest absolute Gasteiger partial charge is 0.255 e. The van der Waals surface area contributed by atoms with Crippen LogP contribution in [-0.4, -0.2) is 48.5 Å². The molecule has 1 aliphatic rings. The minimum atomic E-state index is -0.502. The molecule has 1 amide bonds. The zero-order valence-electron chi connectivity index (χ0n) is 12.5. The van der Waals surface area contributed by atoms with Gasteiger partial charge in [0, 0.05) is 19.6 Å². The Morgan fingerprint density at radius 3 is 2.86 bits per heavy atom. The maximum atomic E-state index is 13.3. The summed E-state index contributed by atoms with van der Waals surface area (Å²) in [5, 5.41) is 5.82. The van der Waals surface area contributed by atoms with Gasteiger partial charge in [-0.25, -0.2) is 9.37 Å². The number of likely N-dealkylation sites (tertiary alicyclic amines) is 1. The van der Waals surface area contributed by atoms with Gasteiger partial charge in [0.25, 0.3) is 5.91 Å². The largest absolute Gasteiger partial charge is 0.370 e. The van der Waals surface area contributed by atoms with E-state index in [0.717, 1.165) is 25.8 Å². The first-order valence-corrected chi connectivity index (χ1v) is 7.60. The summed E-state index contributed by atoms with van der Waals surface area (Å²) < 4.78 is 13.3. The van der Waals surface area contributed by atoms with Crippen molar-refractivity contribution in [2.75, 3.05) is 38.0 Å². The van der Waals surface area contributed by atoms with Crippen LogP contribution in [0.25, 0.3) is 0 Å². The van der Waals surface area contributed by atoms with Crippen molar-refractivity contribution in [2.24, 2.45) is 0 Å². The van der Waals surface area contributed by atoms with Crippen molar-refractivity contribution in [3.8, 4) is 0 Å². The molecule has 0 unspecified atom stereocenters. The van der Waals surface area contributed by atoms with E-state index in [1.807, 2.05) is 6.92 Å². The topological polar surface area (TPSA) is 57.3 Å². The molecule has 0 aliphatic carbocycles. The molecule has 1 fully saturated rings. The number of piperidine rings is 1. The van der Waals surface area contributed by atoms with E-state index in [4.69, 9.17) is 0 Å². The standard InChI is InChI=1S/C15H23FN4O/c1-2-17-14-13(10-12(16)11-19-14)15(21)18-6-9-20-7-4-3-5-8-20/h10-11H,2-9H2,1H3,(H,17,19)(H,18,21). The van der Waals surface area contributed by atoms with Gasteiger partial charge in [0.05, 0.1) is 11.8 Å². The fourth-order valence-corrected chi connectivity index (χ4v) is 2.53. The minimum Gasteiger partial charge on any atom is -0.370 e. The first-order chi connectivity index (χ1) is 10.2. The van der Waals surface area contributed by atoms with Crippen molar-refractivity contribution in [1.29, 1.82) is 0 Å². The number of halogens is 1. The van der Waals surface area contributed by atoms with E-state index in [9.17, 15) is 9.18 Å². The molecule has 1 aliphatic heterocycles. The Kier molecular flexibility index (Phi) is 5.92. The van der Waals surface area contributed by atoms with Gasteiger partial charge >= 0.3 is 0 Å². The summed E-state index contributed by atoms with van der Waals surface area (Å²) in [4.78, 5) is 18.4. The van der Waals surface area contributed by atoms with Gasteiger partial charge in [-0.2, -0.15) is 0 Å². The third-order valence-corrected chi connectivity index (χ3v) is 3.61. The number of amides is 1. The fourth-order valence-electron chi connectivity index (χ4n) is 2.53. The molecule has 2 heterocycles. The molecule has 2 N–H and O–H groups in total. The van der Waals surface area contributed by atoms with Gasteiger partial charge in [-0.15, -0.1) is 0 Å². The first kappa shape index (κ1) is 15.7. The highest BCUT2D eigenvalue weighted by atomic mass is 19.1. The van der Waals surface area contributed by atoms with E-state index in [1.54, 1.807) is 0 Å². The highest BCUT2D eigenvalue weighted by molar-refractivity contribution is 5.98. The lowest BCUT2D eigenvalue weighted by Gasteiger charge is -2.26. The molecule has 5 nitrogen and oxygen atoms in total. The summed E-state index contributed by atoms with van der Waals surface area (Å²) in [7, 11) is 0. The molecule has 0 saturated carbocycles. The van der Waals surface area contributed by atoms with Crippen molar-refractivity contribution in [1.82, 2.24) is 15.2 Å². The molecule has 0 aromatic carbocycles. The lowest BCUT2D eigenvalue weighted by molar-refractivity contribution is 0.0946. The predicted molar refractivity (Wildman–Crippen MR) is 81.0 cm³/mol. The van der Waals surface area contributed by atoms with Crippen LogP contribution in [0.1, 0.15) is 36.5 Å². The summed E-state index contributed by atoms with van der Waals surface area (Å²) in [6.07, 6.45) is 4.87. The van der Waals surface area contributed by atoms with Crippen molar-refractivity contribution in [3.05, 3.63) is 23.6 Å². The molecule has 21 heavy (non-hydrogen) atoms. The molecule has 0 spiro atoms. The SMILES string of the molecule is CCNc1ncc(F)cc1C(=O)NCCN1CCCCC1.